The monoisotopic (exact) mass is 338 g/mol. The van der Waals surface area contributed by atoms with Crippen LogP contribution in [0.15, 0.2) is 24.3 Å². The molecule has 3 rings (SSSR count). The number of likely N-dealkylation sites (tertiary alicyclic amines) is 1. The predicted molar refractivity (Wildman–Crippen MR) is 83.9 cm³/mol. The van der Waals surface area contributed by atoms with Gasteiger partial charge in [-0.1, -0.05) is 0 Å². The highest BCUT2D eigenvalue weighted by Crippen LogP contribution is 2.26. The van der Waals surface area contributed by atoms with Crippen molar-refractivity contribution in [1.82, 2.24) is 4.90 Å². The number of benzene rings is 1. The predicted octanol–water partition coefficient (Wildman–Crippen LogP) is 0.916. The van der Waals surface area contributed by atoms with E-state index in [-0.39, 0.29) is 11.7 Å². The number of carbonyl (C=O) groups excluding carboxylic acids is 1. The van der Waals surface area contributed by atoms with Gasteiger partial charge in [0.1, 0.15) is 6.04 Å². The van der Waals surface area contributed by atoms with Crippen LogP contribution < -0.4 is 4.31 Å². The summed E-state index contributed by atoms with van der Waals surface area (Å²) in [6.45, 7) is 0.876. The average Bonchev–Trinajstić information content (AvgIpc) is 3.13. The molecule has 0 bridgehead atoms. The zero-order chi connectivity index (χ0) is 16.6. The Kier molecular flexibility index (Phi) is 4.01. The van der Waals surface area contributed by atoms with Gasteiger partial charge in [-0.25, -0.2) is 13.2 Å². The minimum Gasteiger partial charge on any atom is -0.480 e. The highest BCUT2D eigenvalue weighted by Gasteiger charge is 2.34. The smallest absolute Gasteiger partial charge is 0.326 e. The summed E-state index contributed by atoms with van der Waals surface area (Å²) in [5.74, 6) is -1.18. The number of nitrogens with zero attached hydrogens (tertiary/aromatic N) is 2. The Bertz CT molecular complexity index is 729. The first-order valence-electron chi connectivity index (χ1n) is 7.54. The third-order valence-corrected chi connectivity index (χ3v) is 6.17. The van der Waals surface area contributed by atoms with Crippen LogP contribution in [0.25, 0.3) is 0 Å². The van der Waals surface area contributed by atoms with Gasteiger partial charge in [-0.2, -0.15) is 0 Å². The van der Waals surface area contributed by atoms with Gasteiger partial charge in [0.05, 0.1) is 11.4 Å². The molecule has 1 amide bonds. The summed E-state index contributed by atoms with van der Waals surface area (Å²) >= 11 is 0. The van der Waals surface area contributed by atoms with E-state index < -0.39 is 22.0 Å². The van der Waals surface area contributed by atoms with Crippen molar-refractivity contribution in [3.05, 3.63) is 29.8 Å². The zero-order valence-corrected chi connectivity index (χ0v) is 13.3. The minimum absolute atomic E-state index is 0.141. The Labute approximate surface area is 134 Å². The number of carboxylic acid groups (broad SMARTS) is 1. The second kappa shape index (κ2) is 5.84. The van der Waals surface area contributed by atoms with Crippen molar-refractivity contribution in [2.75, 3.05) is 23.1 Å². The van der Waals surface area contributed by atoms with E-state index in [1.54, 1.807) is 24.3 Å². The van der Waals surface area contributed by atoms with Crippen LogP contribution in [-0.2, 0) is 14.8 Å². The van der Waals surface area contributed by atoms with Gasteiger partial charge in [0.15, 0.2) is 0 Å². The summed E-state index contributed by atoms with van der Waals surface area (Å²) < 4.78 is 25.1. The molecule has 2 saturated heterocycles. The molecule has 2 aliphatic rings. The normalized spacial score (nSPS) is 23.2. The molecular weight excluding hydrogens is 320 g/mol. The first kappa shape index (κ1) is 15.8. The van der Waals surface area contributed by atoms with Crippen LogP contribution >= 0.6 is 0 Å². The molecule has 1 aromatic carbocycles. The van der Waals surface area contributed by atoms with Crippen LogP contribution in [0.4, 0.5) is 5.69 Å². The molecule has 1 N–H and O–H groups in total. The van der Waals surface area contributed by atoms with Gasteiger partial charge in [-0.3, -0.25) is 9.10 Å². The maximum Gasteiger partial charge on any atom is 0.326 e. The van der Waals surface area contributed by atoms with Gasteiger partial charge in [0, 0.05) is 18.7 Å². The highest BCUT2D eigenvalue weighted by molar-refractivity contribution is 7.93. The average molecular weight is 338 g/mol. The number of carboxylic acids is 1. The number of hydrogen-bond acceptors (Lipinski definition) is 4. The molecule has 8 heteroatoms. The summed E-state index contributed by atoms with van der Waals surface area (Å²) in [4.78, 5) is 25.0. The summed E-state index contributed by atoms with van der Waals surface area (Å²) in [5, 5.41) is 9.16. The number of sulfonamides is 1. The second-order valence-corrected chi connectivity index (χ2v) is 7.80. The number of aliphatic carboxylic acids is 1. The molecule has 0 aromatic heterocycles. The van der Waals surface area contributed by atoms with Crippen molar-refractivity contribution in [3.8, 4) is 0 Å². The lowest BCUT2D eigenvalue weighted by Gasteiger charge is -2.22. The molecular formula is C15H18N2O5S. The Morgan fingerprint density at radius 1 is 1.09 bits per heavy atom. The largest absolute Gasteiger partial charge is 0.480 e. The lowest BCUT2D eigenvalue weighted by molar-refractivity contribution is -0.141. The number of amides is 1. The topological polar surface area (TPSA) is 95.0 Å². The van der Waals surface area contributed by atoms with Crippen molar-refractivity contribution in [2.24, 2.45) is 0 Å². The quantitative estimate of drug-likeness (QED) is 0.884. The number of anilines is 1. The summed E-state index contributed by atoms with van der Waals surface area (Å²) in [5.41, 5.74) is 0.911. The molecule has 0 saturated carbocycles. The maximum atomic E-state index is 12.5. The van der Waals surface area contributed by atoms with Crippen LogP contribution in [0.3, 0.4) is 0 Å². The standard InChI is InChI=1S/C15H18N2O5S/c18-14(16-8-1-3-13(16)15(19)20)11-4-6-12(7-5-11)17-9-2-10-23(17,21)22/h4-7,13H,1-3,8-10H2,(H,19,20)/t13-/m1/s1. The Morgan fingerprint density at radius 2 is 1.78 bits per heavy atom. The second-order valence-electron chi connectivity index (χ2n) is 5.78. The first-order chi connectivity index (χ1) is 10.9. The molecule has 0 unspecified atom stereocenters. The fourth-order valence-corrected chi connectivity index (χ4v) is 4.70. The molecule has 2 heterocycles. The van der Waals surface area contributed by atoms with E-state index >= 15 is 0 Å². The molecule has 0 aliphatic carbocycles. The maximum absolute atomic E-state index is 12.5. The fourth-order valence-electron chi connectivity index (χ4n) is 3.13. The van der Waals surface area contributed by atoms with Crippen LogP contribution in [0.5, 0.6) is 0 Å². The fraction of sp³-hybridized carbons (Fsp3) is 0.467. The summed E-state index contributed by atoms with van der Waals surface area (Å²) in [7, 11) is -3.25. The highest BCUT2D eigenvalue weighted by atomic mass is 32.2. The Hall–Kier alpha value is -2.09. The molecule has 124 valence electrons. The molecule has 2 aliphatic heterocycles. The van der Waals surface area contributed by atoms with Crippen molar-refractivity contribution >= 4 is 27.6 Å². The van der Waals surface area contributed by atoms with Crippen molar-refractivity contribution in [3.63, 3.8) is 0 Å². The minimum atomic E-state index is -3.25. The van der Waals surface area contributed by atoms with E-state index in [1.807, 2.05) is 0 Å². The van der Waals surface area contributed by atoms with Gasteiger partial charge in [-0.05, 0) is 43.5 Å². The Balaban J connectivity index is 1.80. The van der Waals surface area contributed by atoms with Gasteiger partial charge in [0.25, 0.3) is 5.91 Å². The third kappa shape index (κ3) is 2.90. The molecule has 0 spiro atoms. The van der Waals surface area contributed by atoms with Crippen LogP contribution in [0, 0.1) is 0 Å². The van der Waals surface area contributed by atoms with Crippen molar-refractivity contribution in [1.29, 1.82) is 0 Å². The van der Waals surface area contributed by atoms with E-state index in [1.165, 1.54) is 9.21 Å². The molecule has 7 nitrogen and oxygen atoms in total. The van der Waals surface area contributed by atoms with Crippen LogP contribution in [0.2, 0.25) is 0 Å². The van der Waals surface area contributed by atoms with Crippen molar-refractivity contribution < 1.29 is 23.1 Å². The van der Waals surface area contributed by atoms with Crippen molar-refractivity contribution in [2.45, 2.75) is 25.3 Å². The van der Waals surface area contributed by atoms with Gasteiger partial charge in [0.2, 0.25) is 10.0 Å². The summed E-state index contributed by atoms with van der Waals surface area (Å²) in [6, 6.07) is 5.54. The molecule has 0 radical (unpaired) electrons. The number of carbonyl (C=O) groups is 2. The summed E-state index contributed by atoms with van der Waals surface area (Å²) in [6.07, 6.45) is 1.73. The van der Waals surface area contributed by atoms with Crippen LogP contribution in [-0.4, -0.2) is 55.2 Å². The Morgan fingerprint density at radius 3 is 2.35 bits per heavy atom. The SMILES string of the molecule is O=C(O)[C@H]1CCCN1C(=O)c1ccc(N2CCCS2(=O)=O)cc1. The lowest BCUT2D eigenvalue weighted by Crippen LogP contribution is -2.40. The van der Waals surface area contributed by atoms with Crippen LogP contribution in [0.1, 0.15) is 29.6 Å². The van der Waals surface area contributed by atoms with Gasteiger partial charge in [-0.15, -0.1) is 0 Å². The molecule has 1 atom stereocenters. The van der Waals surface area contributed by atoms with E-state index in [4.69, 9.17) is 5.11 Å². The molecule has 1 aromatic rings. The van der Waals surface area contributed by atoms with Gasteiger partial charge < -0.3 is 10.0 Å². The van der Waals surface area contributed by atoms with Gasteiger partial charge >= 0.3 is 5.97 Å². The molecule has 2 fully saturated rings. The first-order valence-corrected chi connectivity index (χ1v) is 9.15. The van der Waals surface area contributed by atoms with E-state index in [0.717, 1.165) is 0 Å². The zero-order valence-electron chi connectivity index (χ0n) is 12.5. The third-order valence-electron chi connectivity index (χ3n) is 4.30. The van der Waals surface area contributed by atoms with E-state index in [2.05, 4.69) is 0 Å². The molecule has 23 heavy (non-hydrogen) atoms. The number of rotatable bonds is 3. The number of hydrogen-bond donors (Lipinski definition) is 1. The van der Waals surface area contributed by atoms with E-state index in [9.17, 15) is 18.0 Å². The van der Waals surface area contributed by atoms with E-state index in [0.29, 0.717) is 43.6 Å². The lowest BCUT2D eigenvalue weighted by atomic mass is 10.1.